The Morgan fingerprint density at radius 1 is 1.11 bits per heavy atom. The number of pyridine rings is 2. The molecule has 3 rings (SSSR count). The lowest BCUT2D eigenvalue weighted by atomic mass is 10.2. The Morgan fingerprint density at radius 2 is 1.93 bits per heavy atom. The van der Waals surface area contributed by atoms with Crippen molar-refractivity contribution in [2.24, 2.45) is 0 Å². The van der Waals surface area contributed by atoms with Gasteiger partial charge in [-0.1, -0.05) is 18.2 Å². The van der Waals surface area contributed by atoms with Crippen molar-refractivity contribution in [1.82, 2.24) is 14.9 Å². The number of carbonyl (C=O) groups is 1. The number of nitrogens with one attached hydrogen (secondary N) is 1. The van der Waals surface area contributed by atoms with Crippen LogP contribution in [0.25, 0.3) is 0 Å². The molecule has 2 aromatic heterocycles. The lowest BCUT2D eigenvalue weighted by molar-refractivity contribution is 0.209. The maximum absolute atomic E-state index is 12.9. The molecule has 3 aromatic rings. The minimum Gasteiger partial charge on any atom is -0.318 e. The summed E-state index contributed by atoms with van der Waals surface area (Å²) in [6.07, 6.45) is 2.38. The first kappa shape index (κ1) is 19.1. The van der Waals surface area contributed by atoms with Crippen LogP contribution in [-0.2, 0) is 13.0 Å². The van der Waals surface area contributed by atoms with E-state index in [1.807, 2.05) is 43.3 Å². The van der Waals surface area contributed by atoms with Crippen LogP contribution in [0.2, 0.25) is 0 Å². The summed E-state index contributed by atoms with van der Waals surface area (Å²) in [6.45, 7) is 2.81. The molecule has 28 heavy (non-hydrogen) atoms. The third-order valence-corrected chi connectivity index (χ3v) is 4.19. The molecule has 1 N–H and O–H groups in total. The van der Waals surface area contributed by atoms with E-state index in [0.29, 0.717) is 30.8 Å². The predicted octanol–water partition coefficient (Wildman–Crippen LogP) is 3.93. The van der Waals surface area contributed by atoms with Crippen molar-refractivity contribution in [2.75, 3.05) is 11.9 Å². The molecule has 6 nitrogen and oxygen atoms in total. The summed E-state index contributed by atoms with van der Waals surface area (Å²) in [7, 11) is 0. The van der Waals surface area contributed by atoms with Gasteiger partial charge in [-0.2, -0.15) is 5.26 Å². The average molecular weight is 371 g/mol. The van der Waals surface area contributed by atoms with Gasteiger partial charge in [0.05, 0.1) is 23.9 Å². The summed E-state index contributed by atoms with van der Waals surface area (Å²) >= 11 is 0. The van der Waals surface area contributed by atoms with Crippen LogP contribution in [0.15, 0.2) is 66.9 Å². The number of urea groups is 1. The highest BCUT2D eigenvalue weighted by Crippen LogP contribution is 2.13. The maximum atomic E-state index is 12.9. The van der Waals surface area contributed by atoms with Crippen molar-refractivity contribution in [1.29, 1.82) is 5.26 Å². The first-order valence-electron chi connectivity index (χ1n) is 9.02. The van der Waals surface area contributed by atoms with Gasteiger partial charge < -0.3 is 10.2 Å². The lowest BCUT2D eigenvalue weighted by Crippen LogP contribution is -2.36. The van der Waals surface area contributed by atoms with E-state index in [1.54, 1.807) is 35.4 Å². The molecular weight excluding hydrogens is 350 g/mol. The summed E-state index contributed by atoms with van der Waals surface area (Å²) < 4.78 is 0. The molecule has 0 saturated carbocycles. The second-order valence-electron chi connectivity index (χ2n) is 6.39. The van der Waals surface area contributed by atoms with Crippen LogP contribution < -0.4 is 5.32 Å². The topological polar surface area (TPSA) is 81.9 Å². The molecule has 0 saturated heterocycles. The molecule has 1 aromatic carbocycles. The average Bonchev–Trinajstić information content (AvgIpc) is 2.72. The van der Waals surface area contributed by atoms with Gasteiger partial charge in [0.2, 0.25) is 0 Å². The number of hydrogen-bond donors (Lipinski definition) is 1. The Hall–Kier alpha value is -3.72. The first-order valence-corrected chi connectivity index (χ1v) is 9.02. The Bertz CT molecular complexity index is 981. The predicted molar refractivity (Wildman–Crippen MR) is 108 cm³/mol. The Kier molecular flexibility index (Phi) is 6.32. The maximum Gasteiger partial charge on any atom is 0.322 e. The summed E-state index contributed by atoms with van der Waals surface area (Å²) in [4.78, 5) is 23.4. The van der Waals surface area contributed by atoms with E-state index in [0.717, 1.165) is 17.1 Å². The fourth-order valence-electron chi connectivity index (χ4n) is 2.80. The number of anilines is 1. The molecule has 6 heteroatoms. The van der Waals surface area contributed by atoms with E-state index >= 15 is 0 Å². The fourth-order valence-corrected chi connectivity index (χ4v) is 2.80. The number of hydrogen-bond acceptors (Lipinski definition) is 4. The molecule has 0 bridgehead atoms. The number of carbonyl (C=O) groups excluding carboxylic acids is 1. The molecule has 0 unspecified atom stereocenters. The van der Waals surface area contributed by atoms with Crippen LogP contribution in [0.4, 0.5) is 10.5 Å². The third kappa shape index (κ3) is 5.39. The van der Waals surface area contributed by atoms with Crippen molar-refractivity contribution in [3.05, 3.63) is 89.5 Å². The highest BCUT2D eigenvalue weighted by atomic mass is 16.2. The first-order chi connectivity index (χ1) is 13.6. The highest BCUT2D eigenvalue weighted by Gasteiger charge is 2.15. The van der Waals surface area contributed by atoms with Gasteiger partial charge >= 0.3 is 6.03 Å². The van der Waals surface area contributed by atoms with Gasteiger partial charge in [0.15, 0.2) is 0 Å². The van der Waals surface area contributed by atoms with Gasteiger partial charge in [-0.05, 0) is 49.4 Å². The fraction of sp³-hybridized carbons (Fsp3) is 0.182. The molecule has 0 radical (unpaired) electrons. The van der Waals surface area contributed by atoms with Gasteiger partial charge in [-0.15, -0.1) is 0 Å². The largest absolute Gasteiger partial charge is 0.322 e. The number of amides is 2. The number of aryl methyl sites for hydroxylation is 1. The van der Waals surface area contributed by atoms with Crippen LogP contribution in [0, 0.1) is 18.3 Å². The molecule has 2 amide bonds. The van der Waals surface area contributed by atoms with Crippen LogP contribution in [0.1, 0.15) is 22.6 Å². The molecule has 2 heterocycles. The van der Waals surface area contributed by atoms with Crippen LogP contribution in [0.5, 0.6) is 0 Å². The van der Waals surface area contributed by atoms with Crippen molar-refractivity contribution < 1.29 is 4.79 Å². The zero-order chi connectivity index (χ0) is 19.8. The molecule has 0 atom stereocenters. The van der Waals surface area contributed by atoms with Crippen LogP contribution in [0.3, 0.4) is 0 Å². The van der Waals surface area contributed by atoms with E-state index in [9.17, 15) is 4.79 Å². The summed E-state index contributed by atoms with van der Waals surface area (Å²) in [5.74, 6) is 0. The van der Waals surface area contributed by atoms with Crippen molar-refractivity contribution >= 4 is 11.7 Å². The van der Waals surface area contributed by atoms with E-state index in [-0.39, 0.29) is 6.03 Å². The van der Waals surface area contributed by atoms with Gasteiger partial charge in [0.25, 0.3) is 0 Å². The molecule has 0 aliphatic rings. The van der Waals surface area contributed by atoms with E-state index in [2.05, 4.69) is 21.4 Å². The monoisotopic (exact) mass is 371 g/mol. The van der Waals surface area contributed by atoms with Crippen LogP contribution in [-0.4, -0.2) is 27.4 Å². The zero-order valence-electron chi connectivity index (χ0n) is 15.7. The Morgan fingerprint density at radius 3 is 2.68 bits per heavy atom. The molecule has 0 spiro atoms. The molecule has 0 fully saturated rings. The third-order valence-electron chi connectivity index (χ3n) is 4.19. The van der Waals surface area contributed by atoms with Gasteiger partial charge in [-0.3, -0.25) is 9.97 Å². The molecule has 0 aliphatic carbocycles. The van der Waals surface area contributed by atoms with Crippen molar-refractivity contribution in [3.63, 3.8) is 0 Å². The minimum atomic E-state index is -0.241. The van der Waals surface area contributed by atoms with Gasteiger partial charge in [0.1, 0.15) is 0 Å². The Labute approximate surface area is 164 Å². The molecular formula is C22H21N5O. The number of aromatic nitrogens is 2. The van der Waals surface area contributed by atoms with Gasteiger partial charge in [0, 0.05) is 36.2 Å². The van der Waals surface area contributed by atoms with E-state index < -0.39 is 0 Å². The smallest absolute Gasteiger partial charge is 0.318 e. The normalized spacial score (nSPS) is 10.1. The van der Waals surface area contributed by atoms with E-state index in [4.69, 9.17) is 5.26 Å². The number of rotatable bonds is 6. The zero-order valence-corrected chi connectivity index (χ0v) is 15.7. The summed E-state index contributed by atoms with van der Waals surface area (Å²) in [5.41, 5.74) is 3.73. The SMILES string of the molecule is Cc1cccc(CN(CCc2ccccn2)C(=O)Nc2cccc(C#N)c2)n1. The number of benzene rings is 1. The Balaban J connectivity index is 1.75. The standard InChI is InChI=1S/C22H21N5O/c1-17-6-4-10-21(25-17)16-27(13-11-19-8-2-3-12-24-19)22(28)26-20-9-5-7-18(14-20)15-23/h2-10,12,14H,11,13,16H2,1H3,(H,26,28). The van der Waals surface area contributed by atoms with Gasteiger partial charge in [-0.25, -0.2) is 4.79 Å². The van der Waals surface area contributed by atoms with Crippen molar-refractivity contribution in [3.8, 4) is 6.07 Å². The lowest BCUT2D eigenvalue weighted by Gasteiger charge is -2.23. The number of nitriles is 1. The summed E-state index contributed by atoms with van der Waals surface area (Å²) in [6, 6.07) is 20.2. The van der Waals surface area contributed by atoms with Crippen molar-refractivity contribution in [2.45, 2.75) is 19.9 Å². The van der Waals surface area contributed by atoms with E-state index in [1.165, 1.54) is 0 Å². The van der Waals surface area contributed by atoms with Crippen LogP contribution >= 0.6 is 0 Å². The minimum absolute atomic E-state index is 0.241. The number of nitrogens with zero attached hydrogens (tertiary/aromatic N) is 4. The second kappa shape index (κ2) is 9.28. The quantitative estimate of drug-likeness (QED) is 0.712. The molecule has 0 aliphatic heterocycles. The molecule has 140 valence electrons. The summed E-state index contributed by atoms with van der Waals surface area (Å²) in [5, 5.41) is 11.9. The second-order valence-corrected chi connectivity index (χ2v) is 6.39. The highest BCUT2D eigenvalue weighted by molar-refractivity contribution is 5.89.